The molecule has 2 aromatic rings. The quantitative estimate of drug-likeness (QED) is 0.477. The number of nitro groups is 1. The van der Waals surface area contributed by atoms with Crippen LogP contribution in [0.2, 0.25) is 5.15 Å². The molecule has 0 atom stereocenters. The van der Waals surface area contributed by atoms with Crippen molar-refractivity contribution >= 4 is 33.2 Å². The van der Waals surface area contributed by atoms with Crippen LogP contribution in [-0.4, -0.2) is 9.91 Å². The van der Waals surface area contributed by atoms with Gasteiger partial charge in [0.15, 0.2) is 0 Å². The highest BCUT2D eigenvalue weighted by Gasteiger charge is 2.12. The smallest absolute Gasteiger partial charge is 0.258 e. The van der Waals surface area contributed by atoms with Crippen LogP contribution in [0.15, 0.2) is 40.9 Å². The van der Waals surface area contributed by atoms with Crippen LogP contribution in [0.3, 0.4) is 0 Å². The lowest BCUT2D eigenvalue weighted by atomic mass is 10.1. The van der Waals surface area contributed by atoms with Crippen molar-refractivity contribution < 1.29 is 4.92 Å². The number of pyridine rings is 1. The summed E-state index contributed by atoms with van der Waals surface area (Å²) in [5, 5.41) is 10.8. The van der Waals surface area contributed by atoms with Crippen molar-refractivity contribution in [2.24, 2.45) is 0 Å². The third-order valence-electron chi connectivity index (χ3n) is 2.14. The van der Waals surface area contributed by atoms with Crippen LogP contribution in [0.1, 0.15) is 0 Å². The van der Waals surface area contributed by atoms with E-state index in [1.165, 1.54) is 12.1 Å². The Balaban J connectivity index is 2.60. The minimum atomic E-state index is -0.492. The van der Waals surface area contributed by atoms with Crippen molar-refractivity contribution in [3.63, 3.8) is 0 Å². The predicted molar refractivity (Wildman–Crippen MR) is 69.0 cm³/mol. The Bertz CT molecular complexity index is 589. The van der Waals surface area contributed by atoms with Gasteiger partial charge in [0.2, 0.25) is 0 Å². The molecule has 1 heterocycles. The van der Waals surface area contributed by atoms with E-state index < -0.39 is 4.92 Å². The van der Waals surface area contributed by atoms with Crippen LogP contribution in [0, 0.1) is 10.1 Å². The molecule has 0 radical (unpaired) electrons. The first kappa shape index (κ1) is 12.0. The molecule has 2 rings (SSSR count). The molecule has 86 valence electrons. The van der Waals surface area contributed by atoms with Gasteiger partial charge in [-0.15, -0.1) is 0 Å². The Morgan fingerprint density at radius 2 is 2.00 bits per heavy atom. The zero-order valence-electron chi connectivity index (χ0n) is 8.43. The number of rotatable bonds is 2. The Morgan fingerprint density at radius 1 is 1.29 bits per heavy atom. The molecule has 0 saturated heterocycles. The van der Waals surface area contributed by atoms with E-state index in [1.54, 1.807) is 0 Å². The topological polar surface area (TPSA) is 56.0 Å². The van der Waals surface area contributed by atoms with E-state index >= 15 is 0 Å². The van der Waals surface area contributed by atoms with Crippen LogP contribution in [-0.2, 0) is 0 Å². The number of hydrogen-bond donors (Lipinski definition) is 0. The van der Waals surface area contributed by atoms with Gasteiger partial charge in [0, 0.05) is 16.1 Å². The van der Waals surface area contributed by atoms with Crippen molar-refractivity contribution in [1.82, 2.24) is 4.98 Å². The van der Waals surface area contributed by atoms with Gasteiger partial charge in [-0.2, -0.15) is 0 Å². The average molecular weight is 314 g/mol. The van der Waals surface area contributed by atoms with Crippen molar-refractivity contribution in [1.29, 1.82) is 0 Å². The molecule has 0 spiro atoms. The summed E-state index contributed by atoms with van der Waals surface area (Å²) in [5.74, 6) is 0. The summed E-state index contributed by atoms with van der Waals surface area (Å²) in [6.45, 7) is 0. The summed E-state index contributed by atoms with van der Waals surface area (Å²) >= 11 is 9.13. The number of hydrogen-bond acceptors (Lipinski definition) is 3. The van der Waals surface area contributed by atoms with Gasteiger partial charge in [-0.1, -0.05) is 45.7 Å². The fourth-order valence-electron chi connectivity index (χ4n) is 1.40. The van der Waals surface area contributed by atoms with E-state index in [2.05, 4.69) is 20.9 Å². The number of aromatic nitrogens is 1. The highest BCUT2D eigenvalue weighted by molar-refractivity contribution is 9.10. The average Bonchev–Trinajstić information content (AvgIpc) is 2.28. The van der Waals surface area contributed by atoms with Gasteiger partial charge in [0.05, 0.1) is 16.7 Å². The first-order valence-corrected chi connectivity index (χ1v) is 5.82. The summed E-state index contributed by atoms with van der Waals surface area (Å²) in [5.41, 5.74) is 1.16. The van der Waals surface area contributed by atoms with Gasteiger partial charge in [-0.05, 0) is 6.07 Å². The zero-order chi connectivity index (χ0) is 12.4. The first-order chi connectivity index (χ1) is 8.08. The Labute approximate surface area is 111 Å². The maximum atomic E-state index is 10.7. The van der Waals surface area contributed by atoms with Gasteiger partial charge in [0.25, 0.3) is 5.69 Å². The molecule has 0 unspecified atom stereocenters. The number of benzene rings is 1. The summed E-state index contributed by atoms with van der Waals surface area (Å²) < 4.78 is 0.809. The summed E-state index contributed by atoms with van der Waals surface area (Å²) in [6.07, 6.45) is 0. The summed E-state index contributed by atoms with van der Waals surface area (Å²) in [4.78, 5) is 14.3. The van der Waals surface area contributed by atoms with Crippen molar-refractivity contribution in [3.8, 4) is 11.3 Å². The largest absolute Gasteiger partial charge is 0.274 e. The molecule has 0 aliphatic rings. The Morgan fingerprint density at radius 3 is 2.65 bits per heavy atom. The third-order valence-corrected chi connectivity index (χ3v) is 3.02. The standard InChI is InChI=1S/C11H6BrClN2O2/c12-9-4-2-1-3-8(9)10-5-7(15(16)17)6-11(13)14-10/h1-6H. The Kier molecular flexibility index (Phi) is 3.40. The summed E-state index contributed by atoms with van der Waals surface area (Å²) in [7, 11) is 0. The highest BCUT2D eigenvalue weighted by Crippen LogP contribution is 2.30. The molecule has 0 N–H and O–H groups in total. The molecule has 1 aromatic carbocycles. The Hall–Kier alpha value is -1.46. The SMILES string of the molecule is O=[N+]([O-])c1cc(Cl)nc(-c2ccccc2Br)c1. The fourth-order valence-corrected chi connectivity index (χ4v) is 2.09. The second-order valence-corrected chi connectivity index (χ2v) is 4.51. The molecular weight excluding hydrogens is 307 g/mol. The van der Waals surface area contributed by atoms with Gasteiger partial charge in [0.1, 0.15) is 5.15 Å². The lowest BCUT2D eigenvalue weighted by Gasteiger charge is -2.04. The normalized spacial score (nSPS) is 10.2. The van der Waals surface area contributed by atoms with E-state index in [0.717, 1.165) is 10.0 Å². The highest BCUT2D eigenvalue weighted by atomic mass is 79.9. The van der Waals surface area contributed by atoms with Gasteiger partial charge in [-0.3, -0.25) is 10.1 Å². The van der Waals surface area contributed by atoms with Crippen molar-refractivity contribution in [2.45, 2.75) is 0 Å². The molecule has 0 aliphatic carbocycles. The molecule has 0 amide bonds. The summed E-state index contributed by atoms with van der Waals surface area (Å²) in [6, 6.07) is 9.95. The molecule has 0 aliphatic heterocycles. The lowest BCUT2D eigenvalue weighted by molar-refractivity contribution is -0.384. The molecular formula is C11H6BrClN2O2. The third kappa shape index (κ3) is 2.62. The molecule has 0 bridgehead atoms. The van der Waals surface area contributed by atoms with E-state index in [0.29, 0.717) is 5.69 Å². The molecule has 0 saturated carbocycles. The van der Waals surface area contributed by atoms with Crippen LogP contribution < -0.4 is 0 Å². The fraction of sp³-hybridized carbons (Fsp3) is 0. The van der Waals surface area contributed by atoms with E-state index in [1.807, 2.05) is 24.3 Å². The second-order valence-electron chi connectivity index (χ2n) is 3.27. The van der Waals surface area contributed by atoms with Gasteiger partial charge < -0.3 is 0 Å². The van der Waals surface area contributed by atoms with Crippen LogP contribution in [0.4, 0.5) is 5.69 Å². The molecule has 4 nitrogen and oxygen atoms in total. The second kappa shape index (κ2) is 4.81. The van der Waals surface area contributed by atoms with E-state index in [9.17, 15) is 10.1 Å². The molecule has 0 fully saturated rings. The number of nitrogens with zero attached hydrogens (tertiary/aromatic N) is 2. The molecule has 6 heteroatoms. The maximum absolute atomic E-state index is 10.7. The monoisotopic (exact) mass is 312 g/mol. The van der Waals surface area contributed by atoms with Crippen LogP contribution in [0.5, 0.6) is 0 Å². The maximum Gasteiger partial charge on any atom is 0.274 e. The first-order valence-electron chi connectivity index (χ1n) is 4.65. The van der Waals surface area contributed by atoms with E-state index in [-0.39, 0.29) is 10.8 Å². The zero-order valence-corrected chi connectivity index (χ0v) is 10.8. The minimum Gasteiger partial charge on any atom is -0.258 e. The van der Waals surface area contributed by atoms with Crippen LogP contribution in [0.25, 0.3) is 11.3 Å². The van der Waals surface area contributed by atoms with Crippen molar-refractivity contribution in [3.05, 3.63) is 56.1 Å². The van der Waals surface area contributed by atoms with Crippen LogP contribution >= 0.6 is 27.5 Å². The number of halogens is 2. The van der Waals surface area contributed by atoms with Crippen molar-refractivity contribution in [2.75, 3.05) is 0 Å². The van der Waals surface area contributed by atoms with E-state index in [4.69, 9.17) is 11.6 Å². The minimum absolute atomic E-state index is 0.0734. The van der Waals surface area contributed by atoms with Gasteiger partial charge >= 0.3 is 0 Å². The van der Waals surface area contributed by atoms with Gasteiger partial charge in [-0.25, -0.2) is 4.98 Å². The molecule has 1 aromatic heterocycles. The lowest BCUT2D eigenvalue weighted by Crippen LogP contribution is -1.92. The molecule has 17 heavy (non-hydrogen) atoms. The predicted octanol–water partition coefficient (Wildman–Crippen LogP) is 4.07.